The quantitative estimate of drug-likeness (QED) is 0.703. The van der Waals surface area contributed by atoms with Gasteiger partial charge in [-0.05, 0) is 56.8 Å². The lowest BCUT2D eigenvalue weighted by atomic mass is 9.84. The van der Waals surface area contributed by atoms with Crippen LogP contribution in [0.1, 0.15) is 44.7 Å². The highest BCUT2D eigenvalue weighted by Crippen LogP contribution is 2.32. The van der Waals surface area contributed by atoms with Crippen molar-refractivity contribution in [1.29, 1.82) is 0 Å². The molecule has 2 unspecified atom stereocenters. The third-order valence-electron chi connectivity index (χ3n) is 4.59. The Balaban J connectivity index is 0.00000288. The molecule has 2 N–H and O–H groups in total. The lowest BCUT2D eigenvalue weighted by Crippen LogP contribution is -2.34. The van der Waals surface area contributed by atoms with Crippen molar-refractivity contribution in [2.45, 2.75) is 39.2 Å². The molecule has 1 heterocycles. The van der Waals surface area contributed by atoms with Crippen molar-refractivity contribution in [3.05, 3.63) is 33.6 Å². The van der Waals surface area contributed by atoms with Gasteiger partial charge in [-0.1, -0.05) is 30.1 Å². The van der Waals surface area contributed by atoms with Gasteiger partial charge < -0.3 is 10.6 Å². The lowest BCUT2D eigenvalue weighted by Gasteiger charge is -2.28. The van der Waals surface area contributed by atoms with E-state index in [2.05, 4.69) is 17.6 Å². The second-order valence-electron chi connectivity index (χ2n) is 6.31. The summed E-state index contributed by atoms with van der Waals surface area (Å²) in [7, 11) is 0. The maximum atomic E-state index is 13.6. The zero-order chi connectivity index (χ0) is 17.0. The molecular formula is C17H24Cl3FN2O. The Morgan fingerprint density at radius 1 is 1.33 bits per heavy atom. The van der Waals surface area contributed by atoms with Gasteiger partial charge in [0.05, 0.1) is 11.1 Å². The first-order valence-corrected chi connectivity index (χ1v) is 8.79. The first kappa shape index (κ1) is 21.5. The molecule has 0 bridgehead atoms. The van der Waals surface area contributed by atoms with E-state index in [-0.39, 0.29) is 23.3 Å². The van der Waals surface area contributed by atoms with Crippen molar-refractivity contribution in [1.82, 2.24) is 10.6 Å². The number of hydrogen-bond acceptors (Lipinski definition) is 2. The molecule has 1 aromatic carbocycles. The number of benzene rings is 1. The normalized spacial score (nSPS) is 17.7. The van der Waals surface area contributed by atoms with Gasteiger partial charge in [0.25, 0.3) is 0 Å². The van der Waals surface area contributed by atoms with Gasteiger partial charge in [0.2, 0.25) is 5.91 Å². The topological polar surface area (TPSA) is 41.1 Å². The minimum atomic E-state index is -0.532. The highest BCUT2D eigenvalue weighted by molar-refractivity contribution is 6.36. The fourth-order valence-electron chi connectivity index (χ4n) is 3.18. The zero-order valence-electron chi connectivity index (χ0n) is 13.9. The highest BCUT2D eigenvalue weighted by atomic mass is 35.5. The van der Waals surface area contributed by atoms with Crippen LogP contribution in [0.4, 0.5) is 4.39 Å². The Morgan fingerprint density at radius 3 is 2.58 bits per heavy atom. The standard InChI is InChI=1S/C17H23Cl2FN2O.ClH/c1-10(12-5-7-21-8-6-12)9-15(23)22-11(2)16-13(18)3-4-14(20)17(16)19;/h3-4,10-12,21H,5-9H2,1-2H3,(H,22,23);1H. The fraction of sp³-hybridized carbons (Fsp3) is 0.588. The summed E-state index contributed by atoms with van der Waals surface area (Å²) in [5, 5.41) is 6.54. The SMILES string of the molecule is CC(NC(=O)CC(C)C1CCNCC1)c1c(Cl)ccc(F)c1Cl.Cl. The van der Waals surface area contributed by atoms with Crippen LogP contribution in [0.25, 0.3) is 0 Å². The molecule has 7 heteroatoms. The van der Waals surface area contributed by atoms with Crippen LogP contribution in [0.15, 0.2) is 12.1 Å². The van der Waals surface area contributed by atoms with Crippen molar-refractivity contribution >= 4 is 41.5 Å². The summed E-state index contributed by atoms with van der Waals surface area (Å²) >= 11 is 12.1. The number of carbonyl (C=O) groups is 1. The smallest absolute Gasteiger partial charge is 0.220 e. The minimum absolute atomic E-state index is 0. The Hall–Kier alpha value is -0.550. The van der Waals surface area contributed by atoms with E-state index in [1.54, 1.807) is 6.92 Å². The summed E-state index contributed by atoms with van der Waals surface area (Å²) in [6.07, 6.45) is 2.66. The lowest BCUT2D eigenvalue weighted by molar-refractivity contribution is -0.123. The van der Waals surface area contributed by atoms with E-state index in [0.29, 0.717) is 28.8 Å². The van der Waals surface area contributed by atoms with E-state index in [0.717, 1.165) is 25.9 Å². The molecule has 1 aromatic rings. The Labute approximate surface area is 159 Å². The Morgan fingerprint density at radius 2 is 1.96 bits per heavy atom. The van der Waals surface area contributed by atoms with Gasteiger partial charge in [0.15, 0.2) is 0 Å². The molecule has 0 spiro atoms. The van der Waals surface area contributed by atoms with Crippen LogP contribution in [0.3, 0.4) is 0 Å². The largest absolute Gasteiger partial charge is 0.349 e. The average molecular weight is 398 g/mol. The van der Waals surface area contributed by atoms with Gasteiger partial charge >= 0.3 is 0 Å². The second kappa shape index (κ2) is 9.81. The summed E-state index contributed by atoms with van der Waals surface area (Å²) < 4.78 is 13.6. The molecule has 1 amide bonds. The fourth-order valence-corrected chi connectivity index (χ4v) is 3.88. The van der Waals surface area contributed by atoms with Crippen LogP contribution >= 0.6 is 35.6 Å². The van der Waals surface area contributed by atoms with Crippen molar-refractivity contribution in [3.8, 4) is 0 Å². The maximum absolute atomic E-state index is 13.6. The molecule has 1 saturated heterocycles. The number of nitrogens with one attached hydrogen (secondary N) is 2. The van der Waals surface area contributed by atoms with Crippen LogP contribution in [0.5, 0.6) is 0 Å². The maximum Gasteiger partial charge on any atom is 0.220 e. The van der Waals surface area contributed by atoms with Gasteiger partial charge in [0, 0.05) is 17.0 Å². The van der Waals surface area contributed by atoms with Crippen molar-refractivity contribution in [2.75, 3.05) is 13.1 Å². The van der Waals surface area contributed by atoms with Crippen LogP contribution in [-0.2, 0) is 4.79 Å². The monoisotopic (exact) mass is 396 g/mol. The molecule has 136 valence electrons. The van der Waals surface area contributed by atoms with E-state index in [9.17, 15) is 9.18 Å². The van der Waals surface area contributed by atoms with E-state index >= 15 is 0 Å². The van der Waals surface area contributed by atoms with E-state index in [1.165, 1.54) is 12.1 Å². The van der Waals surface area contributed by atoms with Gasteiger partial charge in [-0.15, -0.1) is 12.4 Å². The van der Waals surface area contributed by atoms with E-state index in [4.69, 9.17) is 23.2 Å². The van der Waals surface area contributed by atoms with Crippen molar-refractivity contribution < 1.29 is 9.18 Å². The average Bonchev–Trinajstić information content (AvgIpc) is 2.52. The van der Waals surface area contributed by atoms with Crippen LogP contribution in [0, 0.1) is 17.7 Å². The molecule has 0 aromatic heterocycles. The Bertz CT molecular complexity index is 565. The second-order valence-corrected chi connectivity index (χ2v) is 7.10. The molecule has 3 nitrogen and oxygen atoms in total. The minimum Gasteiger partial charge on any atom is -0.349 e. The van der Waals surface area contributed by atoms with Gasteiger partial charge in [-0.2, -0.15) is 0 Å². The van der Waals surface area contributed by atoms with Gasteiger partial charge in [-0.3, -0.25) is 4.79 Å². The molecule has 2 atom stereocenters. The van der Waals surface area contributed by atoms with Crippen LogP contribution in [-0.4, -0.2) is 19.0 Å². The van der Waals surface area contributed by atoms with Crippen molar-refractivity contribution in [2.24, 2.45) is 11.8 Å². The molecular weight excluding hydrogens is 374 g/mol. The molecule has 1 aliphatic rings. The van der Waals surface area contributed by atoms with Crippen molar-refractivity contribution in [3.63, 3.8) is 0 Å². The van der Waals surface area contributed by atoms with Gasteiger partial charge in [-0.25, -0.2) is 4.39 Å². The summed E-state index contributed by atoms with van der Waals surface area (Å²) in [4.78, 5) is 12.3. The molecule has 1 fully saturated rings. The van der Waals surface area contributed by atoms with Crippen LogP contribution in [0.2, 0.25) is 10.0 Å². The number of halogens is 4. The summed E-state index contributed by atoms with van der Waals surface area (Å²) in [5.41, 5.74) is 0.427. The molecule has 2 rings (SSSR count). The number of carbonyl (C=O) groups excluding carboxylic acids is 1. The molecule has 0 radical (unpaired) electrons. The van der Waals surface area contributed by atoms with E-state index < -0.39 is 11.9 Å². The molecule has 24 heavy (non-hydrogen) atoms. The number of rotatable bonds is 5. The Kier molecular flexibility index (Phi) is 8.78. The highest BCUT2D eigenvalue weighted by Gasteiger charge is 2.24. The first-order chi connectivity index (χ1) is 10.9. The zero-order valence-corrected chi connectivity index (χ0v) is 16.2. The predicted octanol–water partition coefficient (Wildman–Crippen LogP) is 4.76. The third-order valence-corrected chi connectivity index (χ3v) is 5.30. The van der Waals surface area contributed by atoms with Gasteiger partial charge in [0.1, 0.15) is 5.82 Å². The predicted molar refractivity (Wildman–Crippen MR) is 99.6 cm³/mol. The molecule has 1 aliphatic heterocycles. The third kappa shape index (κ3) is 5.48. The summed E-state index contributed by atoms with van der Waals surface area (Å²) in [5.74, 6) is 0.302. The number of hydrogen-bond donors (Lipinski definition) is 2. The number of amides is 1. The summed E-state index contributed by atoms with van der Waals surface area (Å²) in [6, 6.07) is 2.25. The molecule has 0 saturated carbocycles. The molecule has 0 aliphatic carbocycles. The first-order valence-electron chi connectivity index (χ1n) is 8.03. The van der Waals surface area contributed by atoms with E-state index in [1.807, 2.05) is 0 Å². The number of piperidine rings is 1. The van der Waals surface area contributed by atoms with Crippen LogP contribution < -0.4 is 10.6 Å². The summed E-state index contributed by atoms with van der Waals surface area (Å²) in [6.45, 7) is 5.91.